The Morgan fingerprint density at radius 2 is 2.15 bits per heavy atom. The summed E-state index contributed by atoms with van der Waals surface area (Å²) in [5.74, 6) is 0.689. The second kappa shape index (κ2) is 6.91. The molecule has 3 aromatic rings. The zero-order valence-corrected chi connectivity index (χ0v) is 13.9. The Bertz CT molecular complexity index is 913. The number of aromatic amines is 1. The minimum atomic E-state index is -0.463. The number of hydrogen-bond acceptors (Lipinski definition) is 4. The first-order valence-corrected chi connectivity index (χ1v) is 8.37. The molecule has 0 aliphatic carbocycles. The van der Waals surface area contributed by atoms with Crippen molar-refractivity contribution in [2.75, 3.05) is 11.9 Å². The Hall–Kier alpha value is -3.29. The number of urea groups is 1. The molecule has 1 aliphatic heterocycles. The van der Waals surface area contributed by atoms with Crippen LogP contribution in [0, 0.1) is 5.82 Å². The van der Waals surface area contributed by atoms with Crippen molar-refractivity contribution in [3.8, 4) is 11.4 Å². The normalized spacial score (nSPS) is 16.7. The number of pyridine rings is 1. The first-order chi connectivity index (χ1) is 12.7. The van der Waals surface area contributed by atoms with Crippen molar-refractivity contribution in [2.24, 2.45) is 0 Å². The van der Waals surface area contributed by atoms with E-state index >= 15 is 0 Å². The summed E-state index contributed by atoms with van der Waals surface area (Å²) in [5, 5.41) is 9.78. The second-order valence-electron chi connectivity index (χ2n) is 6.05. The van der Waals surface area contributed by atoms with E-state index in [1.54, 1.807) is 29.4 Å². The molecule has 26 heavy (non-hydrogen) atoms. The minimum absolute atomic E-state index is 0.164. The number of benzene rings is 1. The Morgan fingerprint density at radius 1 is 1.27 bits per heavy atom. The van der Waals surface area contributed by atoms with Crippen LogP contribution in [0.15, 0.2) is 48.8 Å². The number of halogens is 1. The highest BCUT2D eigenvalue weighted by Crippen LogP contribution is 2.31. The highest BCUT2D eigenvalue weighted by molar-refractivity contribution is 5.89. The smallest absolute Gasteiger partial charge is 0.314 e. The summed E-state index contributed by atoms with van der Waals surface area (Å²) in [6.45, 7) is 0.577. The Kier molecular flexibility index (Phi) is 4.30. The number of para-hydroxylation sites is 1. The van der Waals surface area contributed by atoms with Gasteiger partial charge in [0.25, 0.3) is 0 Å². The van der Waals surface area contributed by atoms with Gasteiger partial charge in [-0.2, -0.15) is 5.10 Å². The molecule has 1 aliphatic rings. The van der Waals surface area contributed by atoms with Crippen molar-refractivity contribution in [1.82, 2.24) is 25.1 Å². The molecule has 1 fully saturated rings. The number of aromatic nitrogens is 4. The van der Waals surface area contributed by atoms with Crippen LogP contribution in [0.1, 0.15) is 24.7 Å². The summed E-state index contributed by atoms with van der Waals surface area (Å²) in [4.78, 5) is 22.8. The highest BCUT2D eigenvalue weighted by atomic mass is 19.1. The van der Waals surface area contributed by atoms with Gasteiger partial charge in [0.2, 0.25) is 0 Å². The maximum Gasteiger partial charge on any atom is 0.322 e. The van der Waals surface area contributed by atoms with Crippen molar-refractivity contribution in [3.63, 3.8) is 0 Å². The van der Waals surface area contributed by atoms with Crippen LogP contribution in [-0.2, 0) is 0 Å². The third-order valence-electron chi connectivity index (χ3n) is 4.37. The predicted molar refractivity (Wildman–Crippen MR) is 93.7 cm³/mol. The number of hydrogen-bond donors (Lipinski definition) is 2. The summed E-state index contributed by atoms with van der Waals surface area (Å²) in [5.41, 5.74) is 0.965. The maximum absolute atomic E-state index is 13.8. The molecule has 0 spiro atoms. The zero-order valence-electron chi connectivity index (χ0n) is 13.9. The number of nitrogens with one attached hydrogen (secondary N) is 2. The van der Waals surface area contributed by atoms with E-state index < -0.39 is 5.82 Å². The molecule has 2 aromatic heterocycles. The first kappa shape index (κ1) is 16.2. The van der Waals surface area contributed by atoms with E-state index in [4.69, 9.17) is 0 Å². The number of likely N-dealkylation sites (tertiary alicyclic amines) is 1. The SMILES string of the molecule is O=C(Nc1ccccc1F)N1CCC[C@H]1c1nc(-c2cccnc2)n[nH]1. The lowest BCUT2D eigenvalue weighted by atomic mass is 10.2. The lowest BCUT2D eigenvalue weighted by molar-refractivity contribution is 0.205. The molecule has 0 bridgehead atoms. The van der Waals surface area contributed by atoms with Gasteiger partial charge in [0.15, 0.2) is 5.82 Å². The van der Waals surface area contributed by atoms with E-state index in [0.717, 1.165) is 18.4 Å². The van der Waals surface area contributed by atoms with Crippen molar-refractivity contribution in [2.45, 2.75) is 18.9 Å². The predicted octanol–water partition coefficient (Wildman–Crippen LogP) is 3.37. The topological polar surface area (TPSA) is 86.8 Å². The van der Waals surface area contributed by atoms with Crippen LogP contribution in [-0.4, -0.2) is 37.6 Å². The molecule has 132 valence electrons. The molecule has 7 nitrogen and oxygen atoms in total. The van der Waals surface area contributed by atoms with E-state index in [1.165, 1.54) is 12.1 Å². The molecule has 0 saturated carbocycles. The number of anilines is 1. The number of carbonyl (C=O) groups is 1. The third-order valence-corrected chi connectivity index (χ3v) is 4.37. The lowest BCUT2D eigenvalue weighted by Gasteiger charge is -2.23. The molecule has 0 unspecified atom stereocenters. The minimum Gasteiger partial charge on any atom is -0.314 e. The van der Waals surface area contributed by atoms with E-state index in [2.05, 4.69) is 25.5 Å². The molecule has 4 rings (SSSR count). The largest absolute Gasteiger partial charge is 0.322 e. The van der Waals surface area contributed by atoms with Gasteiger partial charge < -0.3 is 10.2 Å². The zero-order chi connectivity index (χ0) is 17.9. The Labute approximate surface area is 149 Å². The lowest BCUT2D eigenvalue weighted by Crippen LogP contribution is -2.35. The summed E-state index contributed by atoms with van der Waals surface area (Å²) < 4.78 is 13.8. The fourth-order valence-electron chi connectivity index (χ4n) is 3.09. The molecule has 2 amide bonds. The third kappa shape index (κ3) is 3.13. The Morgan fingerprint density at radius 3 is 2.96 bits per heavy atom. The summed E-state index contributed by atoms with van der Waals surface area (Å²) >= 11 is 0. The number of rotatable bonds is 3. The molecule has 2 N–H and O–H groups in total. The first-order valence-electron chi connectivity index (χ1n) is 8.37. The van der Waals surface area contributed by atoms with Gasteiger partial charge in [0, 0.05) is 24.5 Å². The van der Waals surface area contributed by atoms with Crippen molar-refractivity contribution in [3.05, 3.63) is 60.4 Å². The molecular weight excluding hydrogens is 335 g/mol. The average Bonchev–Trinajstić information content (AvgIpc) is 3.33. The average molecular weight is 352 g/mol. The van der Waals surface area contributed by atoms with E-state index in [1.807, 2.05) is 12.1 Å². The van der Waals surface area contributed by atoms with Crippen LogP contribution < -0.4 is 5.32 Å². The fourth-order valence-corrected chi connectivity index (χ4v) is 3.09. The van der Waals surface area contributed by atoms with Crippen LogP contribution in [0.4, 0.5) is 14.9 Å². The van der Waals surface area contributed by atoms with Crippen molar-refractivity contribution >= 4 is 11.7 Å². The van der Waals surface area contributed by atoms with Gasteiger partial charge in [-0.1, -0.05) is 12.1 Å². The fraction of sp³-hybridized carbons (Fsp3) is 0.222. The van der Waals surface area contributed by atoms with E-state index in [-0.39, 0.29) is 17.8 Å². The maximum atomic E-state index is 13.8. The molecule has 1 saturated heterocycles. The van der Waals surface area contributed by atoms with Crippen molar-refractivity contribution in [1.29, 1.82) is 0 Å². The van der Waals surface area contributed by atoms with Crippen LogP contribution in [0.2, 0.25) is 0 Å². The molecule has 1 aromatic carbocycles. The number of carbonyl (C=O) groups excluding carboxylic acids is 1. The molecule has 1 atom stereocenters. The van der Waals surface area contributed by atoms with E-state index in [0.29, 0.717) is 18.2 Å². The van der Waals surface area contributed by atoms with Crippen LogP contribution >= 0.6 is 0 Å². The van der Waals surface area contributed by atoms with Crippen LogP contribution in [0.25, 0.3) is 11.4 Å². The summed E-state index contributed by atoms with van der Waals surface area (Å²) in [7, 11) is 0. The van der Waals surface area contributed by atoms with Crippen LogP contribution in [0.5, 0.6) is 0 Å². The van der Waals surface area contributed by atoms with Gasteiger partial charge in [-0.25, -0.2) is 14.2 Å². The van der Waals surface area contributed by atoms with Crippen LogP contribution in [0.3, 0.4) is 0 Å². The van der Waals surface area contributed by atoms with E-state index in [9.17, 15) is 9.18 Å². The van der Waals surface area contributed by atoms with Gasteiger partial charge in [-0.05, 0) is 37.1 Å². The van der Waals surface area contributed by atoms with Gasteiger partial charge in [-0.15, -0.1) is 0 Å². The highest BCUT2D eigenvalue weighted by Gasteiger charge is 2.32. The number of amides is 2. The number of nitrogens with zero attached hydrogens (tertiary/aromatic N) is 4. The molecule has 0 radical (unpaired) electrons. The van der Waals surface area contributed by atoms with Gasteiger partial charge in [0.05, 0.1) is 11.7 Å². The standard InChI is InChI=1S/C18H17FN6O/c19-13-6-1-2-7-14(13)21-18(26)25-10-4-8-15(25)17-22-16(23-24-17)12-5-3-9-20-11-12/h1-3,5-7,9,11,15H,4,8,10H2,(H,21,26)(H,22,23,24)/t15-/m0/s1. The number of H-pyrrole nitrogens is 1. The van der Waals surface area contributed by atoms with Gasteiger partial charge >= 0.3 is 6.03 Å². The molecule has 8 heteroatoms. The van der Waals surface area contributed by atoms with Gasteiger partial charge in [0.1, 0.15) is 11.6 Å². The monoisotopic (exact) mass is 352 g/mol. The molecular formula is C18H17FN6O. The summed E-state index contributed by atoms with van der Waals surface area (Å²) in [6.07, 6.45) is 4.98. The van der Waals surface area contributed by atoms with Gasteiger partial charge in [-0.3, -0.25) is 10.1 Å². The summed E-state index contributed by atoms with van der Waals surface area (Å²) in [6, 6.07) is 9.22. The Balaban J connectivity index is 1.53. The van der Waals surface area contributed by atoms with Crippen molar-refractivity contribution < 1.29 is 9.18 Å². The molecule has 3 heterocycles. The second-order valence-corrected chi connectivity index (χ2v) is 6.05. The quantitative estimate of drug-likeness (QED) is 0.756.